The Morgan fingerprint density at radius 3 is 2.27 bits per heavy atom. The lowest BCUT2D eigenvalue weighted by atomic mass is 10.1. The number of anilines is 1. The molecule has 156 valence electrons. The van der Waals surface area contributed by atoms with Crippen LogP contribution in [0.5, 0.6) is 0 Å². The van der Waals surface area contributed by atoms with Crippen LogP contribution in [0.2, 0.25) is 0 Å². The number of carbonyl (C=O) groups excluding carboxylic acids is 1. The molecule has 0 aromatic heterocycles. The van der Waals surface area contributed by atoms with E-state index in [4.69, 9.17) is 0 Å². The van der Waals surface area contributed by atoms with Crippen LogP contribution in [0.15, 0.2) is 77.7 Å². The van der Waals surface area contributed by atoms with Gasteiger partial charge in [0.1, 0.15) is 0 Å². The first-order valence-electron chi connectivity index (χ1n) is 9.31. The van der Waals surface area contributed by atoms with Gasteiger partial charge in [-0.1, -0.05) is 42.5 Å². The van der Waals surface area contributed by atoms with Crippen molar-refractivity contribution in [1.29, 1.82) is 0 Å². The third-order valence-electron chi connectivity index (χ3n) is 4.44. The van der Waals surface area contributed by atoms with E-state index in [-0.39, 0.29) is 5.75 Å². The van der Waals surface area contributed by atoms with E-state index in [1.807, 2.05) is 37.3 Å². The number of carbonyl (C=O) groups is 1. The van der Waals surface area contributed by atoms with Crippen LogP contribution >= 0.6 is 11.8 Å². The zero-order chi connectivity index (χ0) is 21.6. The van der Waals surface area contributed by atoms with Gasteiger partial charge in [-0.2, -0.15) is 0 Å². The first kappa shape index (κ1) is 21.9. The fourth-order valence-corrected chi connectivity index (χ4v) is 5.02. The van der Waals surface area contributed by atoms with E-state index in [2.05, 4.69) is 21.6 Å². The molecule has 5 nitrogen and oxygen atoms in total. The van der Waals surface area contributed by atoms with E-state index in [1.165, 1.54) is 12.0 Å². The Bertz CT molecular complexity index is 1110. The standard InChI is InChI=1S/C23H23NO4S2/c1-17-14-19(15-29-21-6-4-3-5-7-21)10-13-22(17)24-30(26,27)16-18-8-11-20(12-9-18)23(25)28-2/h3-14,24H,15-16H2,1-2H3. The quantitative estimate of drug-likeness (QED) is 0.393. The van der Waals surface area contributed by atoms with Crippen molar-refractivity contribution in [3.63, 3.8) is 0 Å². The molecule has 0 unspecified atom stereocenters. The Labute approximate surface area is 181 Å². The second-order valence-electron chi connectivity index (χ2n) is 6.80. The number of nitrogens with one attached hydrogen (secondary N) is 1. The molecule has 0 aliphatic heterocycles. The van der Waals surface area contributed by atoms with Crippen molar-refractivity contribution in [3.8, 4) is 0 Å². The monoisotopic (exact) mass is 441 g/mol. The van der Waals surface area contributed by atoms with Crippen LogP contribution in [-0.2, 0) is 26.3 Å². The third kappa shape index (κ3) is 6.11. The largest absolute Gasteiger partial charge is 0.465 e. The van der Waals surface area contributed by atoms with Gasteiger partial charge in [0.2, 0.25) is 10.0 Å². The number of hydrogen-bond donors (Lipinski definition) is 1. The number of methoxy groups -OCH3 is 1. The smallest absolute Gasteiger partial charge is 0.337 e. The molecule has 3 aromatic carbocycles. The van der Waals surface area contributed by atoms with Crippen LogP contribution in [0, 0.1) is 6.92 Å². The van der Waals surface area contributed by atoms with Crippen LogP contribution < -0.4 is 4.72 Å². The Hall–Kier alpha value is -2.77. The van der Waals surface area contributed by atoms with Gasteiger partial charge < -0.3 is 4.74 Å². The minimum atomic E-state index is -3.59. The molecule has 0 aliphatic carbocycles. The SMILES string of the molecule is COC(=O)c1ccc(CS(=O)(=O)Nc2ccc(CSc3ccccc3)cc2C)cc1. The second-order valence-corrected chi connectivity index (χ2v) is 9.57. The van der Waals surface area contributed by atoms with Gasteiger partial charge in [-0.15, -0.1) is 11.8 Å². The molecule has 0 spiro atoms. The molecular formula is C23H23NO4S2. The van der Waals surface area contributed by atoms with Crippen molar-refractivity contribution in [2.45, 2.75) is 23.3 Å². The normalized spacial score (nSPS) is 11.1. The highest BCUT2D eigenvalue weighted by molar-refractivity contribution is 7.98. The molecule has 0 heterocycles. The number of aryl methyl sites for hydroxylation is 1. The van der Waals surface area contributed by atoms with Gasteiger partial charge in [0.25, 0.3) is 0 Å². The van der Waals surface area contributed by atoms with Crippen molar-refractivity contribution in [2.24, 2.45) is 0 Å². The molecule has 30 heavy (non-hydrogen) atoms. The van der Waals surface area contributed by atoms with Crippen LogP contribution in [-0.4, -0.2) is 21.5 Å². The van der Waals surface area contributed by atoms with Gasteiger partial charge in [-0.3, -0.25) is 4.72 Å². The topological polar surface area (TPSA) is 72.5 Å². The fraction of sp³-hybridized carbons (Fsp3) is 0.174. The van der Waals surface area contributed by atoms with Gasteiger partial charge in [0.15, 0.2) is 0 Å². The Morgan fingerprint density at radius 1 is 0.967 bits per heavy atom. The van der Waals surface area contributed by atoms with Crippen LogP contribution in [0.3, 0.4) is 0 Å². The maximum atomic E-state index is 12.6. The molecule has 3 aromatic rings. The van der Waals surface area contributed by atoms with E-state index < -0.39 is 16.0 Å². The predicted molar refractivity (Wildman–Crippen MR) is 121 cm³/mol. The summed E-state index contributed by atoms with van der Waals surface area (Å²) in [6.07, 6.45) is 0. The van der Waals surface area contributed by atoms with E-state index in [1.54, 1.807) is 42.1 Å². The van der Waals surface area contributed by atoms with Crippen molar-refractivity contribution >= 4 is 33.4 Å². The van der Waals surface area contributed by atoms with Crippen LogP contribution in [0.25, 0.3) is 0 Å². The summed E-state index contributed by atoms with van der Waals surface area (Å²) in [5, 5.41) is 0. The van der Waals surface area contributed by atoms with Crippen molar-refractivity contribution in [1.82, 2.24) is 0 Å². The minimum Gasteiger partial charge on any atom is -0.465 e. The average Bonchev–Trinajstić information content (AvgIpc) is 2.74. The summed E-state index contributed by atoms with van der Waals surface area (Å²) in [6.45, 7) is 1.89. The summed E-state index contributed by atoms with van der Waals surface area (Å²) in [6, 6.07) is 22.2. The average molecular weight is 442 g/mol. The molecule has 0 amide bonds. The van der Waals surface area contributed by atoms with Crippen molar-refractivity contribution in [2.75, 3.05) is 11.8 Å². The molecule has 3 rings (SSSR count). The lowest BCUT2D eigenvalue weighted by molar-refractivity contribution is 0.0600. The van der Waals surface area contributed by atoms with E-state index >= 15 is 0 Å². The zero-order valence-electron chi connectivity index (χ0n) is 16.8. The number of esters is 1. The Kier molecular flexibility index (Phi) is 7.18. The highest BCUT2D eigenvalue weighted by Crippen LogP contribution is 2.25. The van der Waals surface area contributed by atoms with E-state index in [0.29, 0.717) is 16.8 Å². The first-order chi connectivity index (χ1) is 14.4. The summed E-state index contributed by atoms with van der Waals surface area (Å²) in [5.74, 6) is 0.174. The molecule has 1 N–H and O–H groups in total. The molecule has 0 saturated carbocycles. The number of benzene rings is 3. The molecule has 0 atom stereocenters. The van der Waals surface area contributed by atoms with Crippen LogP contribution in [0.1, 0.15) is 27.0 Å². The number of sulfonamides is 1. The molecule has 7 heteroatoms. The lowest BCUT2D eigenvalue weighted by Gasteiger charge is -2.12. The Balaban J connectivity index is 1.63. The lowest BCUT2D eigenvalue weighted by Crippen LogP contribution is -2.16. The van der Waals surface area contributed by atoms with E-state index in [9.17, 15) is 13.2 Å². The highest BCUT2D eigenvalue weighted by atomic mass is 32.2. The second kappa shape index (κ2) is 9.82. The van der Waals surface area contributed by atoms with Gasteiger partial charge in [0, 0.05) is 10.6 Å². The summed E-state index contributed by atoms with van der Waals surface area (Å²) >= 11 is 1.74. The molecular weight excluding hydrogens is 418 g/mol. The van der Waals surface area contributed by atoms with Gasteiger partial charge in [-0.05, 0) is 53.9 Å². The van der Waals surface area contributed by atoms with E-state index in [0.717, 1.165) is 16.9 Å². The zero-order valence-corrected chi connectivity index (χ0v) is 18.4. The summed E-state index contributed by atoms with van der Waals surface area (Å²) < 4.78 is 32.5. The van der Waals surface area contributed by atoms with Crippen molar-refractivity contribution in [3.05, 3.63) is 95.1 Å². The summed E-state index contributed by atoms with van der Waals surface area (Å²) in [7, 11) is -2.28. The molecule has 0 aliphatic rings. The minimum absolute atomic E-state index is 0.181. The Morgan fingerprint density at radius 2 is 1.63 bits per heavy atom. The van der Waals surface area contributed by atoms with Gasteiger partial charge in [-0.25, -0.2) is 13.2 Å². The number of rotatable bonds is 8. The summed E-state index contributed by atoms with van der Waals surface area (Å²) in [4.78, 5) is 12.7. The number of hydrogen-bond acceptors (Lipinski definition) is 5. The molecule has 0 bridgehead atoms. The predicted octanol–water partition coefficient (Wildman–Crippen LogP) is 5.02. The third-order valence-corrected chi connectivity index (χ3v) is 6.76. The molecule has 0 saturated heterocycles. The maximum Gasteiger partial charge on any atom is 0.337 e. The summed E-state index contributed by atoms with van der Waals surface area (Å²) in [5.41, 5.74) is 3.53. The number of thioether (sulfide) groups is 1. The maximum absolute atomic E-state index is 12.6. The molecule has 0 fully saturated rings. The van der Waals surface area contributed by atoms with Crippen LogP contribution in [0.4, 0.5) is 5.69 Å². The first-order valence-corrected chi connectivity index (χ1v) is 12.0. The fourth-order valence-electron chi connectivity index (χ4n) is 2.89. The van der Waals surface area contributed by atoms with Gasteiger partial charge in [0.05, 0.1) is 24.1 Å². The molecule has 0 radical (unpaired) electrons. The van der Waals surface area contributed by atoms with Crippen molar-refractivity contribution < 1.29 is 17.9 Å². The van der Waals surface area contributed by atoms with Gasteiger partial charge >= 0.3 is 5.97 Å². The number of ether oxygens (including phenoxy) is 1. The highest BCUT2D eigenvalue weighted by Gasteiger charge is 2.14.